The average molecular weight is 332 g/mol. The van der Waals surface area contributed by atoms with Gasteiger partial charge in [-0.25, -0.2) is 9.97 Å². The molecule has 1 rings (SSSR count). The molecule has 0 atom stereocenters. The van der Waals surface area contributed by atoms with Crippen LogP contribution in [0.5, 0.6) is 0 Å². The highest BCUT2D eigenvalue weighted by Gasteiger charge is 2.25. The molecule has 0 aliphatic rings. The van der Waals surface area contributed by atoms with E-state index in [-0.39, 0.29) is 29.9 Å². The number of halogens is 1. The number of carbonyl (C=O) groups excluding carboxylic acids is 2. The minimum absolute atomic E-state index is 0.0917. The molecule has 1 aromatic heterocycles. The topological polar surface area (TPSA) is 72.4 Å². The van der Waals surface area contributed by atoms with Crippen molar-refractivity contribution in [3.63, 3.8) is 0 Å². The third-order valence-corrected chi connectivity index (χ3v) is 3.43. The first-order valence-electron chi connectivity index (χ1n) is 6.43. The summed E-state index contributed by atoms with van der Waals surface area (Å²) in [5.74, 6) is -0.879. The van der Waals surface area contributed by atoms with Gasteiger partial charge in [0.2, 0.25) is 0 Å². The van der Waals surface area contributed by atoms with Crippen molar-refractivity contribution in [1.29, 1.82) is 0 Å². The second-order valence-electron chi connectivity index (χ2n) is 4.39. The van der Waals surface area contributed by atoms with Crippen LogP contribution in [0.1, 0.15) is 31.3 Å². The number of esters is 1. The molecule has 0 radical (unpaired) electrons. The zero-order valence-corrected chi connectivity index (χ0v) is 14.0. The lowest BCUT2D eigenvalue weighted by molar-refractivity contribution is -0.144. The highest BCUT2D eigenvalue weighted by atomic mass is 35.5. The molecule has 1 heterocycles. The first kappa shape index (κ1) is 17.7. The number of carbonyl (C=O) groups is 2. The van der Waals surface area contributed by atoms with Gasteiger partial charge in [0.25, 0.3) is 5.91 Å². The van der Waals surface area contributed by atoms with Gasteiger partial charge in [0.15, 0.2) is 10.9 Å². The zero-order valence-electron chi connectivity index (χ0n) is 12.4. The Hall–Kier alpha value is -1.34. The van der Waals surface area contributed by atoms with Gasteiger partial charge in [0.1, 0.15) is 6.54 Å². The van der Waals surface area contributed by atoms with Gasteiger partial charge in [-0.2, -0.15) is 0 Å². The first-order chi connectivity index (χ1) is 9.90. The predicted octanol–water partition coefficient (Wildman–Crippen LogP) is 2.27. The van der Waals surface area contributed by atoms with Gasteiger partial charge in [-0.15, -0.1) is 0 Å². The number of hydrogen-bond donors (Lipinski definition) is 0. The Bertz CT molecular complexity index is 525. The second kappa shape index (κ2) is 8.19. The molecule has 6 nitrogen and oxygen atoms in total. The van der Waals surface area contributed by atoms with Crippen LogP contribution < -0.4 is 0 Å². The molecule has 0 aromatic carbocycles. The van der Waals surface area contributed by atoms with Crippen LogP contribution in [0.25, 0.3) is 0 Å². The maximum absolute atomic E-state index is 12.5. The predicted molar refractivity (Wildman–Crippen MR) is 81.6 cm³/mol. The number of aromatic nitrogens is 2. The van der Waals surface area contributed by atoms with Crippen molar-refractivity contribution in [3.8, 4) is 0 Å². The lowest BCUT2D eigenvalue weighted by Gasteiger charge is -2.25. The van der Waals surface area contributed by atoms with Crippen molar-refractivity contribution in [2.45, 2.75) is 32.0 Å². The SMILES string of the molecule is CCOC(=O)CN(C(=O)c1nc(SC)ncc1Cl)C(C)C. The number of nitrogens with zero attached hydrogens (tertiary/aromatic N) is 3. The Labute approximate surface area is 133 Å². The highest BCUT2D eigenvalue weighted by molar-refractivity contribution is 7.98. The fourth-order valence-electron chi connectivity index (χ4n) is 1.57. The van der Waals surface area contributed by atoms with Crippen molar-refractivity contribution in [2.24, 2.45) is 0 Å². The normalized spacial score (nSPS) is 10.6. The number of rotatable bonds is 6. The van der Waals surface area contributed by atoms with Crippen molar-refractivity contribution in [2.75, 3.05) is 19.4 Å². The fourth-order valence-corrected chi connectivity index (χ4v) is 2.08. The molecule has 0 unspecified atom stereocenters. The fraction of sp³-hybridized carbons (Fsp3) is 0.538. The minimum atomic E-state index is -0.463. The van der Waals surface area contributed by atoms with E-state index in [4.69, 9.17) is 16.3 Å². The van der Waals surface area contributed by atoms with E-state index in [9.17, 15) is 9.59 Å². The molecule has 8 heteroatoms. The molecular weight excluding hydrogens is 314 g/mol. The minimum Gasteiger partial charge on any atom is -0.465 e. The van der Waals surface area contributed by atoms with Gasteiger partial charge < -0.3 is 9.64 Å². The molecule has 116 valence electrons. The lowest BCUT2D eigenvalue weighted by Crippen LogP contribution is -2.41. The van der Waals surface area contributed by atoms with Gasteiger partial charge in [0, 0.05) is 6.04 Å². The summed E-state index contributed by atoms with van der Waals surface area (Å²) < 4.78 is 4.88. The molecule has 0 saturated carbocycles. The number of amides is 1. The molecule has 0 fully saturated rings. The summed E-state index contributed by atoms with van der Waals surface area (Å²) in [5, 5.41) is 0.606. The van der Waals surface area contributed by atoms with Crippen LogP contribution in [0.15, 0.2) is 11.4 Å². The van der Waals surface area contributed by atoms with Gasteiger partial charge in [-0.3, -0.25) is 9.59 Å². The quantitative estimate of drug-likeness (QED) is 0.452. The second-order valence-corrected chi connectivity index (χ2v) is 5.57. The largest absolute Gasteiger partial charge is 0.465 e. The Morgan fingerprint density at radius 3 is 2.67 bits per heavy atom. The van der Waals surface area contributed by atoms with E-state index < -0.39 is 11.9 Å². The van der Waals surface area contributed by atoms with Gasteiger partial charge in [0.05, 0.1) is 17.8 Å². The highest BCUT2D eigenvalue weighted by Crippen LogP contribution is 2.19. The molecule has 1 aromatic rings. The number of thioether (sulfide) groups is 1. The van der Waals surface area contributed by atoms with Crippen LogP contribution in [0, 0.1) is 0 Å². The Morgan fingerprint density at radius 2 is 2.14 bits per heavy atom. The maximum Gasteiger partial charge on any atom is 0.325 e. The standard InChI is InChI=1S/C13H18ClN3O3S/c1-5-20-10(18)7-17(8(2)3)12(19)11-9(14)6-15-13(16-11)21-4/h6,8H,5,7H2,1-4H3. The maximum atomic E-state index is 12.5. The lowest BCUT2D eigenvalue weighted by atomic mass is 10.2. The van der Waals surface area contributed by atoms with Crippen LogP contribution in [0.4, 0.5) is 0 Å². The first-order valence-corrected chi connectivity index (χ1v) is 8.04. The Morgan fingerprint density at radius 1 is 1.48 bits per heavy atom. The summed E-state index contributed by atoms with van der Waals surface area (Å²) >= 11 is 7.30. The molecule has 0 saturated heterocycles. The zero-order chi connectivity index (χ0) is 16.0. The van der Waals surface area contributed by atoms with Crippen LogP contribution in [0.2, 0.25) is 5.02 Å². The molecule has 1 amide bonds. The third-order valence-electron chi connectivity index (χ3n) is 2.60. The molecule has 0 spiro atoms. The van der Waals surface area contributed by atoms with Crippen molar-refractivity contribution in [3.05, 3.63) is 16.9 Å². The summed E-state index contributed by atoms with van der Waals surface area (Å²) in [6, 6.07) is -0.189. The summed E-state index contributed by atoms with van der Waals surface area (Å²) in [7, 11) is 0. The van der Waals surface area contributed by atoms with E-state index in [0.717, 1.165) is 0 Å². The van der Waals surface area contributed by atoms with Gasteiger partial charge in [-0.1, -0.05) is 23.4 Å². The number of hydrogen-bond acceptors (Lipinski definition) is 6. The smallest absolute Gasteiger partial charge is 0.325 e. The molecule has 21 heavy (non-hydrogen) atoms. The van der Waals surface area contributed by atoms with Gasteiger partial charge >= 0.3 is 5.97 Å². The van der Waals surface area contributed by atoms with Crippen LogP contribution >= 0.6 is 23.4 Å². The Kier molecular flexibility index (Phi) is 6.91. The van der Waals surface area contributed by atoms with Crippen molar-refractivity contribution >= 4 is 35.2 Å². The van der Waals surface area contributed by atoms with Crippen molar-refractivity contribution < 1.29 is 14.3 Å². The molecule has 0 bridgehead atoms. The van der Waals surface area contributed by atoms with Gasteiger partial charge in [-0.05, 0) is 27.0 Å². The Balaban J connectivity index is 3.03. The summed E-state index contributed by atoms with van der Waals surface area (Å²) in [6.45, 7) is 5.46. The van der Waals surface area contributed by atoms with E-state index in [1.54, 1.807) is 13.2 Å². The summed E-state index contributed by atoms with van der Waals surface area (Å²) in [5.41, 5.74) is 0.0917. The van der Waals surface area contributed by atoms with E-state index in [0.29, 0.717) is 5.16 Å². The third kappa shape index (κ3) is 4.86. The van der Waals surface area contributed by atoms with E-state index in [2.05, 4.69) is 9.97 Å². The molecule has 0 aliphatic carbocycles. The molecular formula is C13H18ClN3O3S. The van der Waals surface area contributed by atoms with Crippen LogP contribution in [-0.4, -0.2) is 52.2 Å². The summed E-state index contributed by atoms with van der Waals surface area (Å²) in [6.07, 6.45) is 3.19. The van der Waals surface area contributed by atoms with Crippen LogP contribution in [0.3, 0.4) is 0 Å². The van der Waals surface area contributed by atoms with Crippen LogP contribution in [-0.2, 0) is 9.53 Å². The molecule has 0 aliphatic heterocycles. The summed E-state index contributed by atoms with van der Waals surface area (Å²) in [4.78, 5) is 33.7. The average Bonchev–Trinajstić information content (AvgIpc) is 2.44. The van der Waals surface area contributed by atoms with Crippen molar-refractivity contribution in [1.82, 2.24) is 14.9 Å². The van der Waals surface area contributed by atoms with E-state index in [1.807, 2.05) is 13.8 Å². The van der Waals surface area contributed by atoms with E-state index in [1.165, 1.54) is 22.9 Å². The monoisotopic (exact) mass is 331 g/mol. The van der Waals surface area contributed by atoms with E-state index >= 15 is 0 Å². The molecule has 0 N–H and O–H groups in total. The number of ether oxygens (including phenoxy) is 1.